The number of carboxylic acids is 1. The van der Waals surface area contributed by atoms with Crippen molar-refractivity contribution in [3.63, 3.8) is 0 Å². The van der Waals surface area contributed by atoms with E-state index in [1.807, 2.05) is 43.5 Å². The monoisotopic (exact) mass is 460 g/mol. The fourth-order valence-electron chi connectivity index (χ4n) is 3.70. The summed E-state index contributed by atoms with van der Waals surface area (Å²) < 4.78 is 1.94. The predicted molar refractivity (Wildman–Crippen MR) is 127 cm³/mol. The normalized spacial score (nSPS) is 15.2. The Hall–Kier alpha value is -4.11. The van der Waals surface area contributed by atoms with Crippen LogP contribution in [0.5, 0.6) is 0 Å². The van der Waals surface area contributed by atoms with Crippen molar-refractivity contribution in [1.82, 2.24) is 14.9 Å². The minimum absolute atomic E-state index is 0.000303. The topological polar surface area (TPSA) is 105 Å². The predicted octanol–water partition coefficient (Wildman–Crippen LogP) is 3.33. The molecular weight excluding hydrogens is 440 g/mol. The van der Waals surface area contributed by atoms with Crippen molar-refractivity contribution in [3.05, 3.63) is 82.3 Å². The van der Waals surface area contributed by atoms with Gasteiger partial charge in [0.05, 0.1) is 11.3 Å². The summed E-state index contributed by atoms with van der Waals surface area (Å²) in [6.07, 6.45) is 3.29. The van der Waals surface area contributed by atoms with E-state index in [9.17, 15) is 19.5 Å². The summed E-state index contributed by atoms with van der Waals surface area (Å²) in [5.41, 5.74) is 3.56. The molecule has 0 atom stereocenters. The molecular formula is C24H20N4O4S. The molecule has 166 valence electrons. The molecule has 0 saturated carbocycles. The summed E-state index contributed by atoms with van der Waals surface area (Å²) in [5, 5.41) is 11.7. The number of carbonyl (C=O) groups is 3. The molecule has 2 amide bonds. The van der Waals surface area contributed by atoms with Gasteiger partial charge < -0.3 is 9.67 Å². The van der Waals surface area contributed by atoms with Gasteiger partial charge in [0.1, 0.15) is 11.4 Å². The van der Waals surface area contributed by atoms with Crippen LogP contribution in [-0.4, -0.2) is 37.6 Å². The Kier molecular flexibility index (Phi) is 5.65. The third kappa shape index (κ3) is 4.06. The average molecular weight is 461 g/mol. The highest BCUT2D eigenvalue weighted by Crippen LogP contribution is 2.26. The maximum Gasteiger partial charge on any atom is 0.335 e. The van der Waals surface area contributed by atoms with Crippen LogP contribution < -0.4 is 10.2 Å². The number of pyridine rings is 1. The van der Waals surface area contributed by atoms with E-state index in [4.69, 9.17) is 12.2 Å². The number of aromatic carboxylic acids is 1. The summed E-state index contributed by atoms with van der Waals surface area (Å²) in [7, 11) is 0. The third-order valence-corrected chi connectivity index (χ3v) is 5.63. The molecule has 4 rings (SSSR count). The van der Waals surface area contributed by atoms with Crippen LogP contribution in [0.25, 0.3) is 11.9 Å². The second-order valence-corrected chi connectivity index (χ2v) is 8.06. The molecule has 1 aromatic carbocycles. The first-order valence-corrected chi connectivity index (χ1v) is 10.4. The number of nitrogens with one attached hydrogen (secondary N) is 1. The zero-order valence-corrected chi connectivity index (χ0v) is 18.9. The second kappa shape index (κ2) is 8.44. The van der Waals surface area contributed by atoms with E-state index in [1.165, 1.54) is 24.3 Å². The molecule has 1 aliphatic rings. The average Bonchev–Trinajstić information content (AvgIpc) is 3.05. The quantitative estimate of drug-likeness (QED) is 0.352. The molecule has 2 N–H and O–H groups in total. The van der Waals surface area contributed by atoms with Crippen LogP contribution in [0.2, 0.25) is 0 Å². The second-order valence-electron chi connectivity index (χ2n) is 7.67. The number of hydrogen-bond acceptors (Lipinski definition) is 5. The van der Waals surface area contributed by atoms with E-state index in [1.54, 1.807) is 12.3 Å². The van der Waals surface area contributed by atoms with Crippen LogP contribution in [0.3, 0.4) is 0 Å². The van der Waals surface area contributed by atoms with Crippen LogP contribution in [0.1, 0.15) is 32.9 Å². The van der Waals surface area contributed by atoms with Crippen molar-refractivity contribution in [1.29, 1.82) is 0 Å². The number of carbonyl (C=O) groups excluding carboxylic acids is 2. The molecule has 0 radical (unpaired) electrons. The molecule has 1 fully saturated rings. The number of anilines is 1. The van der Waals surface area contributed by atoms with Gasteiger partial charge in [0.15, 0.2) is 5.11 Å². The Bertz CT molecular complexity index is 1360. The molecule has 0 aliphatic carbocycles. The zero-order chi connectivity index (χ0) is 23.9. The molecule has 2 aromatic heterocycles. The van der Waals surface area contributed by atoms with Crippen LogP contribution >= 0.6 is 12.2 Å². The van der Waals surface area contributed by atoms with Gasteiger partial charge in [-0.2, -0.15) is 0 Å². The van der Waals surface area contributed by atoms with Gasteiger partial charge in [-0.25, -0.2) is 9.78 Å². The summed E-state index contributed by atoms with van der Waals surface area (Å²) in [6.45, 7) is 5.75. The Labute approximate surface area is 195 Å². The van der Waals surface area contributed by atoms with Gasteiger partial charge >= 0.3 is 5.97 Å². The number of aryl methyl sites for hydroxylation is 2. The van der Waals surface area contributed by atoms with E-state index in [0.717, 1.165) is 27.7 Å². The first kappa shape index (κ1) is 22.1. The molecule has 3 heterocycles. The van der Waals surface area contributed by atoms with Gasteiger partial charge in [0.25, 0.3) is 11.8 Å². The van der Waals surface area contributed by atoms with E-state index in [-0.39, 0.29) is 21.9 Å². The Balaban J connectivity index is 1.76. The number of carboxylic acid groups (broad SMARTS) is 1. The molecule has 1 saturated heterocycles. The van der Waals surface area contributed by atoms with Crippen molar-refractivity contribution >= 4 is 46.9 Å². The minimum Gasteiger partial charge on any atom is -0.478 e. The number of rotatable bonds is 4. The lowest BCUT2D eigenvalue weighted by molar-refractivity contribution is -0.122. The van der Waals surface area contributed by atoms with Gasteiger partial charge in [0, 0.05) is 17.6 Å². The largest absolute Gasteiger partial charge is 0.478 e. The highest BCUT2D eigenvalue weighted by molar-refractivity contribution is 7.80. The molecule has 33 heavy (non-hydrogen) atoms. The Morgan fingerprint density at radius 1 is 1.12 bits per heavy atom. The molecule has 8 nitrogen and oxygen atoms in total. The highest BCUT2D eigenvalue weighted by atomic mass is 32.1. The third-order valence-electron chi connectivity index (χ3n) is 5.35. The number of hydrogen-bond donors (Lipinski definition) is 2. The number of aromatic nitrogens is 2. The lowest BCUT2D eigenvalue weighted by atomic mass is 10.1. The van der Waals surface area contributed by atoms with Crippen molar-refractivity contribution < 1.29 is 19.5 Å². The van der Waals surface area contributed by atoms with Gasteiger partial charge in [-0.3, -0.25) is 19.8 Å². The van der Waals surface area contributed by atoms with E-state index >= 15 is 0 Å². The maximum atomic E-state index is 13.3. The number of nitrogens with zero attached hydrogens (tertiary/aromatic N) is 3. The molecule has 0 unspecified atom stereocenters. The van der Waals surface area contributed by atoms with Crippen molar-refractivity contribution in [3.8, 4) is 5.82 Å². The lowest BCUT2D eigenvalue weighted by Gasteiger charge is -2.29. The summed E-state index contributed by atoms with van der Waals surface area (Å²) in [4.78, 5) is 42.9. The number of amides is 2. The van der Waals surface area contributed by atoms with Crippen molar-refractivity contribution in [2.24, 2.45) is 0 Å². The van der Waals surface area contributed by atoms with Gasteiger partial charge in [-0.15, -0.1) is 0 Å². The zero-order valence-electron chi connectivity index (χ0n) is 18.1. The summed E-state index contributed by atoms with van der Waals surface area (Å²) >= 11 is 5.20. The number of thiocarbonyl (C=S) groups is 1. The molecule has 9 heteroatoms. The van der Waals surface area contributed by atoms with Crippen LogP contribution in [0, 0.1) is 20.8 Å². The summed E-state index contributed by atoms with van der Waals surface area (Å²) in [6, 6.07) is 11.5. The Morgan fingerprint density at radius 2 is 1.88 bits per heavy atom. The fraction of sp³-hybridized carbons (Fsp3) is 0.125. The molecule has 1 aliphatic heterocycles. The highest BCUT2D eigenvalue weighted by Gasteiger charge is 2.35. The molecule has 3 aromatic rings. The van der Waals surface area contributed by atoms with E-state index in [2.05, 4.69) is 10.3 Å². The first-order chi connectivity index (χ1) is 15.7. The van der Waals surface area contributed by atoms with Gasteiger partial charge in [-0.1, -0.05) is 12.1 Å². The van der Waals surface area contributed by atoms with Gasteiger partial charge in [-0.05, 0) is 80.5 Å². The van der Waals surface area contributed by atoms with E-state index < -0.39 is 17.8 Å². The van der Waals surface area contributed by atoms with Gasteiger partial charge in [0.2, 0.25) is 0 Å². The van der Waals surface area contributed by atoms with Crippen LogP contribution in [0.15, 0.2) is 54.2 Å². The molecule has 0 bridgehead atoms. The fourth-order valence-corrected chi connectivity index (χ4v) is 3.99. The Morgan fingerprint density at radius 3 is 2.55 bits per heavy atom. The summed E-state index contributed by atoms with van der Waals surface area (Å²) in [5.74, 6) is -1.66. The lowest BCUT2D eigenvalue weighted by Crippen LogP contribution is -2.54. The standard InChI is InChI=1S/C24H20N4O4S/c1-13-7-8-20(25-12-13)27-14(2)9-17(15(27)3)11-19-21(29)26-24(33)28(22(19)30)18-6-4-5-16(10-18)23(31)32/h4-12H,1-3H3,(H,31,32)(H,26,29,33). The maximum absolute atomic E-state index is 13.3. The smallest absolute Gasteiger partial charge is 0.335 e. The SMILES string of the molecule is Cc1ccc(-n2c(C)cc(C=C3C(=O)NC(=S)N(c4cccc(C(=O)O)c4)C3=O)c2C)nc1. The van der Waals surface area contributed by atoms with Crippen LogP contribution in [0.4, 0.5) is 5.69 Å². The van der Waals surface area contributed by atoms with Crippen molar-refractivity contribution in [2.45, 2.75) is 20.8 Å². The van der Waals surface area contributed by atoms with E-state index in [0.29, 0.717) is 5.56 Å². The first-order valence-electron chi connectivity index (χ1n) is 10.0. The minimum atomic E-state index is -1.14. The van der Waals surface area contributed by atoms with Crippen LogP contribution in [-0.2, 0) is 9.59 Å². The van der Waals surface area contributed by atoms with Crippen molar-refractivity contribution in [2.75, 3.05) is 4.90 Å². The molecule has 0 spiro atoms. The number of benzene rings is 1.